The van der Waals surface area contributed by atoms with E-state index >= 15 is 0 Å². The Hall–Kier alpha value is -4.20. The third-order valence-electron chi connectivity index (χ3n) is 10.3. The number of hydrogen-bond donors (Lipinski definition) is 5. The molecule has 2 saturated carbocycles. The number of aliphatic hydroxyl groups is 1. The minimum absolute atomic E-state index is 0.0575. The summed E-state index contributed by atoms with van der Waals surface area (Å²) in [6, 6.07) is 4.89. The number of aliphatic hydroxyl groups excluding tert-OH is 1. The molecule has 1 aliphatic heterocycles. The molecule has 1 aromatic carbocycles. The number of carbonyl (C=O) groups excluding carboxylic acids is 6. The lowest BCUT2D eigenvalue weighted by molar-refractivity contribution is -0.145. The van der Waals surface area contributed by atoms with E-state index in [0.717, 1.165) is 12.8 Å². The lowest BCUT2D eigenvalue weighted by Crippen LogP contribution is -2.61. The molecule has 3 aliphatic rings. The molecule has 2 aliphatic carbocycles. The standard InChI is InChI=1S/C38H58N6O8/c1-36(2,3)30(42-35(51)52-37(4,5)6)34(50)44-20-23-26(38(23,7)8)28(44)31(47)40-24(18-21-16-17-21)29(46)32(48)39-19-25(45)41-27(33(49)43(9)10)22-14-12-11-13-15-22/h11-15,21,23-24,26-30,46H,16-20H2,1-10H3,(H,39,48)(H,40,47)(H,41,45)(H,42,51)/t23-,24?,26?,27-,28?,29?,30?/m0/s1. The van der Waals surface area contributed by atoms with Crippen molar-refractivity contribution in [3.05, 3.63) is 35.9 Å². The van der Waals surface area contributed by atoms with Crippen molar-refractivity contribution in [3.63, 3.8) is 0 Å². The van der Waals surface area contributed by atoms with E-state index < -0.39 is 77.6 Å². The van der Waals surface area contributed by atoms with Crippen molar-refractivity contribution in [1.82, 2.24) is 31.1 Å². The molecule has 14 nitrogen and oxygen atoms in total. The largest absolute Gasteiger partial charge is 0.444 e. The Kier molecular flexibility index (Phi) is 12.0. The Morgan fingerprint density at radius 2 is 1.58 bits per heavy atom. The van der Waals surface area contributed by atoms with Gasteiger partial charge in [-0.2, -0.15) is 0 Å². The number of likely N-dealkylation sites (N-methyl/N-ethyl adjacent to an activating group) is 1. The minimum Gasteiger partial charge on any atom is -0.444 e. The molecule has 0 spiro atoms. The van der Waals surface area contributed by atoms with Crippen LogP contribution in [0.4, 0.5) is 4.79 Å². The average Bonchev–Trinajstić information content (AvgIpc) is 3.90. The molecule has 3 fully saturated rings. The quantitative estimate of drug-likeness (QED) is 0.205. The van der Waals surface area contributed by atoms with Crippen LogP contribution in [0.3, 0.4) is 0 Å². The molecular formula is C38H58N6O8. The highest BCUT2D eigenvalue weighted by Gasteiger charge is 2.70. The van der Waals surface area contributed by atoms with Crippen molar-refractivity contribution >= 4 is 35.6 Å². The Bertz CT molecular complexity index is 1510. The summed E-state index contributed by atoms with van der Waals surface area (Å²) < 4.78 is 5.44. The van der Waals surface area contributed by atoms with Gasteiger partial charge in [0.05, 0.1) is 12.6 Å². The third kappa shape index (κ3) is 9.81. The number of likely N-dealkylation sites (tertiary alicyclic amines) is 1. The van der Waals surface area contributed by atoms with Gasteiger partial charge in [0, 0.05) is 20.6 Å². The van der Waals surface area contributed by atoms with E-state index in [2.05, 4.69) is 21.3 Å². The molecule has 7 atom stereocenters. The number of fused-ring (bicyclic) bond motifs is 1. The first-order chi connectivity index (χ1) is 24.0. The number of nitrogens with one attached hydrogen (secondary N) is 4. The lowest BCUT2D eigenvalue weighted by atomic mass is 9.85. The van der Waals surface area contributed by atoms with Crippen LogP contribution in [0.15, 0.2) is 30.3 Å². The molecular weight excluding hydrogens is 668 g/mol. The molecule has 1 saturated heterocycles. The summed E-state index contributed by atoms with van der Waals surface area (Å²) in [5.74, 6) is -2.63. The second-order valence-electron chi connectivity index (χ2n) is 17.4. The summed E-state index contributed by atoms with van der Waals surface area (Å²) in [6.07, 6.45) is -0.310. The normalized spacial score (nSPS) is 22.8. The summed E-state index contributed by atoms with van der Waals surface area (Å²) in [4.78, 5) is 83.1. The topological polar surface area (TPSA) is 186 Å². The molecule has 288 valence electrons. The molecule has 52 heavy (non-hydrogen) atoms. The second-order valence-corrected chi connectivity index (χ2v) is 17.4. The van der Waals surface area contributed by atoms with E-state index in [-0.39, 0.29) is 29.1 Å². The van der Waals surface area contributed by atoms with Gasteiger partial charge in [0.15, 0.2) is 6.10 Å². The van der Waals surface area contributed by atoms with Gasteiger partial charge < -0.3 is 40.9 Å². The highest BCUT2D eigenvalue weighted by atomic mass is 16.6. The van der Waals surface area contributed by atoms with Crippen molar-refractivity contribution in [2.24, 2.45) is 28.6 Å². The third-order valence-corrected chi connectivity index (χ3v) is 10.3. The van der Waals surface area contributed by atoms with Gasteiger partial charge in [-0.1, -0.05) is 77.8 Å². The zero-order valence-corrected chi connectivity index (χ0v) is 32.2. The van der Waals surface area contributed by atoms with Crippen molar-refractivity contribution in [2.45, 2.75) is 111 Å². The number of rotatable bonds is 13. The van der Waals surface area contributed by atoms with E-state index in [1.54, 1.807) is 65.2 Å². The van der Waals surface area contributed by atoms with E-state index in [9.17, 15) is 33.9 Å². The summed E-state index contributed by atoms with van der Waals surface area (Å²) in [5.41, 5.74) is -1.13. The fourth-order valence-corrected chi connectivity index (χ4v) is 7.16. The fourth-order valence-electron chi connectivity index (χ4n) is 7.16. The van der Waals surface area contributed by atoms with Gasteiger partial charge in [0.1, 0.15) is 23.7 Å². The van der Waals surface area contributed by atoms with Gasteiger partial charge >= 0.3 is 6.09 Å². The van der Waals surface area contributed by atoms with Crippen LogP contribution in [0.2, 0.25) is 0 Å². The molecule has 5 unspecified atom stereocenters. The zero-order valence-electron chi connectivity index (χ0n) is 32.2. The number of ether oxygens (including phenoxy) is 1. The lowest BCUT2D eigenvalue weighted by Gasteiger charge is -2.38. The molecule has 6 amide bonds. The number of hydrogen-bond acceptors (Lipinski definition) is 8. The summed E-state index contributed by atoms with van der Waals surface area (Å²) >= 11 is 0. The Morgan fingerprint density at radius 3 is 2.12 bits per heavy atom. The van der Waals surface area contributed by atoms with Crippen LogP contribution < -0.4 is 21.3 Å². The second kappa shape index (κ2) is 15.4. The number of alkyl carbamates (subject to hydrolysis) is 1. The minimum atomic E-state index is -1.68. The summed E-state index contributed by atoms with van der Waals surface area (Å²) in [5, 5.41) is 22.0. The zero-order chi connectivity index (χ0) is 38.9. The smallest absolute Gasteiger partial charge is 0.408 e. The van der Waals surface area contributed by atoms with Crippen LogP contribution in [-0.2, 0) is 28.7 Å². The number of nitrogens with zero attached hydrogens (tertiary/aromatic N) is 2. The molecule has 0 radical (unpaired) electrons. The average molecular weight is 727 g/mol. The highest BCUT2D eigenvalue weighted by Crippen LogP contribution is 2.65. The Labute approximate surface area is 307 Å². The van der Waals surface area contributed by atoms with Gasteiger partial charge in [-0.05, 0) is 61.3 Å². The number of amides is 6. The number of piperidine rings is 1. The van der Waals surface area contributed by atoms with Crippen LogP contribution in [0.25, 0.3) is 0 Å². The molecule has 1 aromatic rings. The van der Waals surface area contributed by atoms with Crippen LogP contribution in [0.1, 0.15) is 86.3 Å². The molecule has 5 N–H and O–H groups in total. The number of benzene rings is 1. The fraction of sp³-hybridized carbons (Fsp3) is 0.684. The summed E-state index contributed by atoms with van der Waals surface area (Å²) in [6.45, 7) is 14.6. The van der Waals surface area contributed by atoms with Gasteiger partial charge in [-0.15, -0.1) is 0 Å². The maximum Gasteiger partial charge on any atom is 0.408 e. The van der Waals surface area contributed by atoms with E-state index in [1.165, 1.54) is 9.80 Å². The van der Waals surface area contributed by atoms with E-state index in [1.807, 2.05) is 34.6 Å². The first-order valence-corrected chi connectivity index (χ1v) is 18.1. The van der Waals surface area contributed by atoms with Crippen LogP contribution >= 0.6 is 0 Å². The van der Waals surface area contributed by atoms with Crippen molar-refractivity contribution in [1.29, 1.82) is 0 Å². The summed E-state index contributed by atoms with van der Waals surface area (Å²) in [7, 11) is 3.15. The predicted octanol–water partition coefficient (Wildman–Crippen LogP) is 2.12. The number of carbonyl (C=O) groups is 6. The van der Waals surface area contributed by atoms with Gasteiger partial charge in [-0.25, -0.2) is 4.79 Å². The van der Waals surface area contributed by atoms with Gasteiger partial charge in [0.25, 0.3) is 5.91 Å². The van der Waals surface area contributed by atoms with Crippen LogP contribution in [-0.4, -0.2) is 108 Å². The molecule has 14 heteroatoms. The van der Waals surface area contributed by atoms with E-state index in [4.69, 9.17) is 4.74 Å². The maximum atomic E-state index is 14.2. The molecule has 0 aromatic heterocycles. The Balaban J connectivity index is 1.46. The molecule has 4 rings (SSSR count). The van der Waals surface area contributed by atoms with Gasteiger partial charge in [-0.3, -0.25) is 24.0 Å². The van der Waals surface area contributed by atoms with Crippen LogP contribution in [0, 0.1) is 28.6 Å². The first-order valence-electron chi connectivity index (χ1n) is 18.1. The molecule has 0 bridgehead atoms. The van der Waals surface area contributed by atoms with Crippen molar-refractivity contribution < 1.29 is 38.6 Å². The van der Waals surface area contributed by atoms with Crippen molar-refractivity contribution in [3.8, 4) is 0 Å². The van der Waals surface area contributed by atoms with Crippen molar-refractivity contribution in [2.75, 3.05) is 27.2 Å². The van der Waals surface area contributed by atoms with Crippen LogP contribution in [0.5, 0.6) is 0 Å². The van der Waals surface area contributed by atoms with Gasteiger partial charge in [0.2, 0.25) is 23.6 Å². The first kappa shape index (κ1) is 40.6. The Morgan fingerprint density at radius 1 is 0.962 bits per heavy atom. The highest BCUT2D eigenvalue weighted by molar-refractivity contribution is 5.94. The maximum absolute atomic E-state index is 14.2. The monoisotopic (exact) mass is 726 g/mol. The predicted molar refractivity (Wildman–Crippen MR) is 193 cm³/mol. The SMILES string of the molecule is CN(C)C(=O)[C@@H](NC(=O)CNC(=O)C(O)C(CC1CC1)NC(=O)C1C2[C@H](CN1C(=O)C(NC(=O)OC(C)(C)C)C(C)(C)C)C2(C)C)c1ccccc1. The molecule has 1 heterocycles. The van der Waals surface area contributed by atoms with E-state index in [0.29, 0.717) is 18.5 Å².